The number of thiophene rings is 1. The van der Waals surface area contributed by atoms with E-state index >= 15 is 0 Å². The van der Waals surface area contributed by atoms with E-state index in [4.69, 9.17) is 0 Å². The molecule has 110 valence electrons. The van der Waals surface area contributed by atoms with Gasteiger partial charge in [-0.3, -0.25) is 0 Å². The highest BCUT2D eigenvalue weighted by Gasteiger charge is 2.50. The van der Waals surface area contributed by atoms with Crippen LogP contribution < -0.4 is 17.0 Å². The van der Waals surface area contributed by atoms with E-state index in [1.165, 1.54) is 0 Å². The first-order chi connectivity index (χ1) is 9.00. The first-order valence-electron chi connectivity index (χ1n) is 6.66. The lowest BCUT2D eigenvalue weighted by Gasteiger charge is -2.21. The van der Waals surface area contributed by atoms with Gasteiger partial charge in [0.15, 0.2) is 9.58 Å². The number of hydrogen-bond acceptors (Lipinski definition) is 0. The monoisotopic (exact) mass is 364 g/mol. The fourth-order valence-electron chi connectivity index (χ4n) is 2.67. The Morgan fingerprint density at radius 2 is 1.90 bits per heavy atom. The minimum Gasteiger partial charge on any atom is -1.00 e. The van der Waals surface area contributed by atoms with Gasteiger partial charge in [-0.05, 0) is 30.9 Å². The van der Waals surface area contributed by atoms with E-state index in [0.717, 1.165) is 36.6 Å². The third-order valence-corrected chi connectivity index (χ3v) is 6.16. The highest BCUT2D eigenvalue weighted by atomic mass is 79.9. The van der Waals surface area contributed by atoms with Crippen LogP contribution in [0.2, 0.25) is 0 Å². The Hall–Kier alpha value is -0.550. The van der Waals surface area contributed by atoms with Crippen molar-refractivity contribution >= 4 is 20.6 Å². The number of halogens is 4. The van der Waals surface area contributed by atoms with E-state index in [9.17, 15) is 13.2 Å². The second-order valence-corrected chi connectivity index (χ2v) is 7.14. The molecule has 0 spiro atoms. The summed E-state index contributed by atoms with van der Waals surface area (Å²) < 4.78 is 40.7. The first kappa shape index (κ1) is 15.8. The zero-order valence-electron chi connectivity index (χ0n) is 11.1. The number of benzene rings is 1. The van der Waals surface area contributed by atoms with Crippen LogP contribution >= 0.6 is 10.5 Å². The van der Waals surface area contributed by atoms with E-state index in [0.29, 0.717) is 9.58 Å². The van der Waals surface area contributed by atoms with Crippen molar-refractivity contribution in [3.63, 3.8) is 0 Å². The molecule has 1 aliphatic rings. The van der Waals surface area contributed by atoms with Crippen LogP contribution in [-0.2, 0) is 11.9 Å². The largest absolute Gasteiger partial charge is 1.00 e. The Morgan fingerprint density at radius 1 is 1.20 bits per heavy atom. The summed E-state index contributed by atoms with van der Waals surface area (Å²) in [6.07, 6.45) is 3.68. The fraction of sp³-hybridized carbons (Fsp3) is 0.467. The summed E-state index contributed by atoms with van der Waals surface area (Å²) in [6, 6.07) is 7.35. The van der Waals surface area contributed by atoms with Gasteiger partial charge in [0.1, 0.15) is 0 Å². The zero-order valence-corrected chi connectivity index (χ0v) is 13.5. The normalized spacial score (nSPS) is 16.9. The zero-order chi connectivity index (χ0) is 13.6. The number of fused-ring (bicyclic) bond motifs is 1. The summed E-state index contributed by atoms with van der Waals surface area (Å²) in [5.74, 6) is 0.155. The molecule has 5 heteroatoms. The van der Waals surface area contributed by atoms with Gasteiger partial charge in [0, 0.05) is 23.4 Å². The van der Waals surface area contributed by atoms with Crippen LogP contribution in [0.15, 0.2) is 24.3 Å². The molecule has 0 bridgehead atoms. The first-order valence-corrected chi connectivity index (χ1v) is 7.89. The molecular formula is C15H16BrF3S. The summed E-state index contributed by atoms with van der Waals surface area (Å²) in [5, 5.41) is 0.778. The molecule has 0 saturated heterocycles. The molecule has 1 aromatic carbocycles. The molecule has 0 amide bonds. The summed E-state index contributed by atoms with van der Waals surface area (Å²) in [7, 11) is -1.69. The minimum atomic E-state index is -4.14. The Bertz CT molecular complexity index is 611. The smallest absolute Gasteiger partial charge is 0.600 e. The number of rotatable bonds is 2. The lowest BCUT2D eigenvalue weighted by atomic mass is 9.84. The van der Waals surface area contributed by atoms with Gasteiger partial charge in [-0.1, -0.05) is 19.4 Å². The summed E-state index contributed by atoms with van der Waals surface area (Å²) in [6.45, 7) is 1.97. The van der Waals surface area contributed by atoms with Gasteiger partial charge in [-0.2, -0.15) is 0 Å². The Balaban J connectivity index is 0.00000147. The maximum atomic E-state index is 13.4. The van der Waals surface area contributed by atoms with Crippen LogP contribution in [0, 0.1) is 0 Å². The van der Waals surface area contributed by atoms with Crippen molar-refractivity contribution in [2.75, 3.05) is 0 Å². The second-order valence-electron chi connectivity index (χ2n) is 5.15. The quantitative estimate of drug-likeness (QED) is 0.718. The van der Waals surface area contributed by atoms with Crippen molar-refractivity contribution in [2.45, 2.75) is 44.0 Å². The Kier molecular flexibility index (Phi) is 4.50. The lowest BCUT2D eigenvalue weighted by molar-refractivity contribution is -0.0868. The van der Waals surface area contributed by atoms with Gasteiger partial charge < -0.3 is 17.0 Å². The highest BCUT2D eigenvalue weighted by Crippen LogP contribution is 2.56. The summed E-state index contributed by atoms with van der Waals surface area (Å²) in [5.41, 5.74) is -3.15. The molecule has 2 aromatic rings. The van der Waals surface area contributed by atoms with Crippen LogP contribution in [0.25, 0.3) is 10.1 Å². The highest BCUT2D eigenvalue weighted by molar-refractivity contribution is 7.38. The van der Waals surface area contributed by atoms with E-state index < -0.39 is 16.0 Å². The standard InChI is InChI=1S/C15H16F3S.BrH/c1-2-10-6-7-12-9-14(11-4-3-5-11)19(13(12)8-10)15(16,17)18;/h6-9,11H,2-5H2,1H3;1H/q+1;/p-1. The third kappa shape index (κ3) is 2.62. The molecule has 1 aliphatic carbocycles. The molecular weight excluding hydrogens is 349 g/mol. The van der Waals surface area contributed by atoms with E-state index in [1.54, 1.807) is 12.1 Å². The van der Waals surface area contributed by atoms with Gasteiger partial charge in [0.05, 0.1) is 10.5 Å². The maximum absolute atomic E-state index is 13.4. The minimum absolute atomic E-state index is 0. The van der Waals surface area contributed by atoms with E-state index in [2.05, 4.69) is 0 Å². The Morgan fingerprint density at radius 3 is 2.40 bits per heavy atom. The van der Waals surface area contributed by atoms with Gasteiger partial charge in [-0.15, -0.1) is 13.2 Å². The SMILES string of the molecule is CCc1ccc2cc(C3CCC3)[s+](C(F)(F)F)c2c1.[Br-]. The van der Waals surface area contributed by atoms with E-state index in [-0.39, 0.29) is 22.9 Å². The van der Waals surface area contributed by atoms with Gasteiger partial charge in [0.2, 0.25) is 0 Å². The van der Waals surface area contributed by atoms with Crippen molar-refractivity contribution in [1.82, 2.24) is 0 Å². The molecule has 0 aliphatic heterocycles. The molecule has 1 aromatic heterocycles. The fourth-order valence-corrected chi connectivity index (χ4v) is 4.89. The average Bonchev–Trinajstić information content (AvgIpc) is 2.63. The molecule has 1 atom stereocenters. The molecule has 0 nitrogen and oxygen atoms in total. The van der Waals surface area contributed by atoms with Crippen molar-refractivity contribution in [2.24, 2.45) is 0 Å². The Labute approximate surface area is 129 Å². The topological polar surface area (TPSA) is 0 Å². The predicted octanol–water partition coefficient (Wildman–Crippen LogP) is 2.90. The summed E-state index contributed by atoms with van der Waals surface area (Å²) in [4.78, 5) is 0.627. The van der Waals surface area contributed by atoms with Crippen LogP contribution in [-0.4, -0.2) is 0 Å². The van der Waals surface area contributed by atoms with E-state index in [1.807, 2.05) is 19.1 Å². The molecule has 1 fully saturated rings. The molecule has 1 heterocycles. The molecule has 0 N–H and O–H groups in total. The number of hydrogen-bond donors (Lipinski definition) is 0. The maximum Gasteiger partial charge on any atom is 0.600 e. The summed E-state index contributed by atoms with van der Waals surface area (Å²) >= 11 is 0. The van der Waals surface area contributed by atoms with Crippen LogP contribution in [0.5, 0.6) is 0 Å². The van der Waals surface area contributed by atoms with Crippen molar-refractivity contribution in [3.05, 3.63) is 34.7 Å². The number of alkyl halides is 3. The third-order valence-electron chi connectivity index (χ3n) is 3.98. The average molecular weight is 365 g/mol. The van der Waals surface area contributed by atoms with Crippen molar-refractivity contribution in [1.29, 1.82) is 0 Å². The molecule has 3 rings (SSSR count). The predicted molar refractivity (Wildman–Crippen MR) is 73.7 cm³/mol. The van der Waals surface area contributed by atoms with Crippen molar-refractivity contribution in [3.8, 4) is 0 Å². The van der Waals surface area contributed by atoms with Crippen LogP contribution in [0.3, 0.4) is 0 Å². The number of aryl methyl sites for hydroxylation is 1. The van der Waals surface area contributed by atoms with Crippen LogP contribution in [0.4, 0.5) is 13.2 Å². The van der Waals surface area contributed by atoms with Gasteiger partial charge in [-0.25, -0.2) is 0 Å². The molecule has 20 heavy (non-hydrogen) atoms. The van der Waals surface area contributed by atoms with Crippen LogP contribution in [0.1, 0.15) is 42.5 Å². The second kappa shape index (κ2) is 5.68. The van der Waals surface area contributed by atoms with Gasteiger partial charge in [0.25, 0.3) is 0 Å². The van der Waals surface area contributed by atoms with Gasteiger partial charge >= 0.3 is 5.51 Å². The molecule has 0 radical (unpaired) electrons. The van der Waals surface area contributed by atoms with Crippen molar-refractivity contribution < 1.29 is 30.2 Å². The molecule has 1 saturated carbocycles. The lowest BCUT2D eigenvalue weighted by Crippen LogP contribution is -3.00. The molecule has 1 unspecified atom stereocenters.